The van der Waals surface area contributed by atoms with Gasteiger partial charge in [0.15, 0.2) is 0 Å². The first-order chi connectivity index (χ1) is 4.98. The van der Waals surface area contributed by atoms with Crippen LogP contribution in [0, 0.1) is 0 Å². The second kappa shape index (κ2) is 4.48. The molecule has 0 saturated carbocycles. The molecule has 2 N–H and O–H groups in total. The molecule has 0 radical (unpaired) electrons. The highest BCUT2D eigenvalue weighted by Crippen LogP contribution is 1.95. The second-order valence-electron chi connectivity index (χ2n) is 2.30. The fraction of sp³-hybridized carbons (Fsp3) is 0.667. The molecule has 0 atom stereocenters. The van der Waals surface area contributed by atoms with E-state index in [1.807, 2.05) is 0 Å². The Morgan fingerprint density at radius 1 is 1.64 bits per heavy atom. The fourth-order valence-corrected chi connectivity index (χ4v) is 0.969. The number of rotatable bonds is 5. The van der Waals surface area contributed by atoms with Gasteiger partial charge >= 0.3 is 0 Å². The van der Waals surface area contributed by atoms with Crippen molar-refractivity contribution in [3.63, 3.8) is 0 Å². The van der Waals surface area contributed by atoms with Gasteiger partial charge in [-0.2, -0.15) is 12.7 Å². The largest absolute Gasteiger partial charge is 0.276 e. The van der Waals surface area contributed by atoms with Gasteiger partial charge in [0.25, 0.3) is 10.2 Å². The molecule has 5 heteroatoms. The molecule has 11 heavy (non-hydrogen) atoms. The summed E-state index contributed by atoms with van der Waals surface area (Å²) < 4.78 is 22.3. The molecule has 0 amide bonds. The first kappa shape index (κ1) is 10.6. The standard InChI is InChI=1S/C6H14N2O2S/c1-3-4-5-6-8(2)11(7,9)10/h3H,1,4-6H2,2H3,(H2,7,9,10). The zero-order valence-electron chi connectivity index (χ0n) is 6.66. The van der Waals surface area contributed by atoms with Gasteiger partial charge in [0.1, 0.15) is 0 Å². The average molecular weight is 178 g/mol. The van der Waals surface area contributed by atoms with Crippen LogP contribution in [0.25, 0.3) is 0 Å². The molecule has 0 rings (SSSR count). The SMILES string of the molecule is C=CCCCN(C)S(N)(=O)=O. The molecule has 0 aliphatic rings. The van der Waals surface area contributed by atoms with E-state index in [9.17, 15) is 8.42 Å². The molecule has 0 saturated heterocycles. The van der Waals surface area contributed by atoms with E-state index >= 15 is 0 Å². The quantitative estimate of drug-likeness (QED) is 0.479. The molecule has 0 aromatic carbocycles. The monoisotopic (exact) mass is 178 g/mol. The van der Waals surface area contributed by atoms with Crippen molar-refractivity contribution in [1.29, 1.82) is 0 Å². The normalized spacial score (nSPS) is 11.9. The highest BCUT2D eigenvalue weighted by Gasteiger charge is 2.09. The van der Waals surface area contributed by atoms with Gasteiger partial charge in [-0.1, -0.05) is 6.08 Å². The lowest BCUT2D eigenvalue weighted by molar-refractivity contribution is 0.464. The summed E-state index contributed by atoms with van der Waals surface area (Å²) in [6.07, 6.45) is 3.31. The fourth-order valence-electron chi connectivity index (χ4n) is 0.586. The lowest BCUT2D eigenvalue weighted by Crippen LogP contribution is -2.33. The Bertz CT molecular complexity index is 211. The Morgan fingerprint density at radius 3 is 2.55 bits per heavy atom. The van der Waals surface area contributed by atoms with E-state index < -0.39 is 10.2 Å². The van der Waals surface area contributed by atoms with Gasteiger partial charge in [0.2, 0.25) is 0 Å². The van der Waals surface area contributed by atoms with Gasteiger partial charge < -0.3 is 0 Å². The minimum Gasteiger partial charge on any atom is -0.216 e. The molecule has 0 aliphatic heterocycles. The van der Waals surface area contributed by atoms with Crippen LogP contribution in [0.15, 0.2) is 12.7 Å². The molecule has 0 bridgehead atoms. The summed E-state index contributed by atoms with van der Waals surface area (Å²) in [6, 6.07) is 0. The highest BCUT2D eigenvalue weighted by atomic mass is 32.2. The lowest BCUT2D eigenvalue weighted by Gasteiger charge is -2.11. The average Bonchev–Trinajstić information content (AvgIpc) is 1.86. The molecule has 0 aliphatic carbocycles. The first-order valence-corrected chi connectivity index (χ1v) is 4.83. The van der Waals surface area contributed by atoms with Crippen molar-refractivity contribution < 1.29 is 8.42 Å². The van der Waals surface area contributed by atoms with Crippen molar-refractivity contribution in [3.05, 3.63) is 12.7 Å². The Kier molecular flexibility index (Phi) is 4.32. The van der Waals surface area contributed by atoms with Crippen LogP contribution < -0.4 is 5.14 Å². The number of nitrogens with two attached hydrogens (primary N) is 1. The number of hydrogen-bond acceptors (Lipinski definition) is 2. The zero-order valence-corrected chi connectivity index (χ0v) is 7.47. The van der Waals surface area contributed by atoms with Crippen LogP contribution in [0.4, 0.5) is 0 Å². The molecule has 66 valence electrons. The van der Waals surface area contributed by atoms with Crippen molar-refractivity contribution in [2.45, 2.75) is 12.8 Å². The summed E-state index contributed by atoms with van der Waals surface area (Å²) in [5.41, 5.74) is 0. The molecule has 4 nitrogen and oxygen atoms in total. The molecule has 0 spiro atoms. The predicted octanol–water partition coefficient (Wildman–Crippen LogP) is 0.0879. The maximum atomic E-state index is 10.6. The minimum atomic E-state index is -3.48. The van der Waals surface area contributed by atoms with Crippen LogP contribution in [-0.4, -0.2) is 26.3 Å². The number of hydrogen-bond donors (Lipinski definition) is 1. The third-order valence-corrected chi connectivity index (χ3v) is 2.37. The summed E-state index contributed by atoms with van der Waals surface area (Å²) in [5.74, 6) is 0. The van der Waals surface area contributed by atoms with Gasteiger partial charge in [-0.05, 0) is 12.8 Å². The van der Waals surface area contributed by atoms with Gasteiger partial charge in [-0.25, -0.2) is 5.14 Å². The van der Waals surface area contributed by atoms with Crippen molar-refractivity contribution >= 4 is 10.2 Å². The predicted molar refractivity (Wildman–Crippen MR) is 45.2 cm³/mol. The zero-order chi connectivity index (χ0) is 8.91. The summed E-state index contributed by atoms with van der Waals surface area (Å²) in [5, 5.41) is 4.83. The van der Waals surface area contributed by atoms with Crippen LogP contribution in [0.1, 0.15) is 12.8 Å². The Morgan fingerprint density at radius 2 is 2.18 bits per heavy atom. The van der Waals surface area contributed by atoms with Crippen LogP contribution in [0.2, 0.25) is 0 Å². The van der Waals surface area contributed by atoms with E-state index in [1.165, 1.54) is 7.05 Å². The van der Waals surface area contributed by atoms with Crippen LogP contribution >= 0.6 is 0 Å². The van der Waals surface area contributed by atoms with Crippen LogP contribution in [-0.2, 0) is 10.2 Å². The van der Waals surface area contributed by atoms with Crippen molar-refractivity contribution in [2.75, 3.05) is 13.6 Å². The van der Waals surface area contributed by atoms with Gasteiger partial charge in [-0.3, -0.25) is 0 Å². The van der Waals surface area contributed by atoms with Crippen molar-refractivity contribution in [2.24, 2.45) is 5.14 Å². The summed E-state index contributed by atoms with van der Waals surface area (Å²) in [6.45, 7) is 3.97. The highest BCUT2D eigenvalue weighted by molar-refractivity contribution is 7.86. The Hall–Kier alpha value is -0.390. The number of nitrogens with zero attached hydrogens (tertiary/aromatic N) is 1. The summed E-state index contributed by atoms with van der Waals surface area (Å²) in [7, 11) is -2.03. The Balaban J connectivity index is 3.70. The topological polar surface area (TPSA) is 63.4 Å². The minimum absolute atomic E-state index is 0.449. The van der Waals surface area contributed by atoms with Gasteiger partial charge in [-0.15, -0.1) is 6.58 Å². The van der Waals surface area contributed by atoms with E-state index in [1.54, 1.807) is 6.08 Å². The molecule has 0 aromatic heterocycles. The van der Waals surface area contributed by atoms with E-state index in [-0.39, 0.29) is 0 Å². The summed E-state index contributed by atoms with van der Waals surface area (Å²) in [4.78, 5) is 0. The van der Waals surface area contributed by atoms with Gasteiger partial charge in [0.05, 0.1) is 0 Å². The molecule has 0 fully saturated rings. The molecule has 0 aromatic rings. The maximum Gasteiger partial charge on any atom is 0.276 e. The van der Waals surface area contributed by atoms with Crippen molar-refractivity contribution in [1.82, 2.24) is 4.31 Å². The van der Waals surface area contributed by atoms with E-state index in [2.05, 4.69) is 6.58 Å². The maximum absolute atomic E-state index is 10.6. The lowest BCUT2D eigenvalue weighted by atomic mass is 10.3. The van der Waals surface area contributed by atoms with Crippen LogP contribution in [0.3, 0.4) is 0 Å². The smallest absolute Gasteiger partial charge is 0.216 e. The summed E-state index contributed by atoms with van der Waals surface area (Å²) >= 11 is 0. The molecule has 0 heterocycles. The van der Waals surface area contributed by atoms with E-state index in [4.69, 9.17) is 5.14 Å². The van der Waals surface area contributed by atoms with E-state index in [0.717, 1.165) is 17.1 Å². The third-order valence-electron chi connectivity index (χ3n) is 1.32. The van der Waals surface area contributed by atoms with E-state index in [0.29, 0.717) is 6.54 Å². The molecule has 0 unspecified atom stereocenters. The first-order valence-electron chi connectivity index (χ1n) is 3.33. The number of allylic oxidation sites excluding steroid dienone is 1. The van der Waals surface area contributed by atoms with Crippen molar-refractivity contribution in [3.8, 4) is 0 Å². The molecular formula is C6H14N2O2S. The second-order valence-corrected chi connectivity index (χ2v) is 3.95. The van der Waals surface area contributed by atoms with Gasteiger partial charge in [0, 0.05) is 13.6 Å². The number of unbranched alkanes of at least 4 members (excludes halogenated alkanes) is 1. The third kappa shape index (κ3) is 4.94. The Labute approximate surface area is 67.9 Å². The van der Waals surface area contributed by atoms with Crippen LogP contribution in [0.5, 0.6) is 0 Å². The molecular weight excluding hydrogens is 164 g/mol.